The summed E-state index contributed by atoms with van der Waals surface area (Å²) in [5, 5.41) is 0. The Morgan fingerprint density at radius 3 is 2.58 bits per heavy atom. The first-order valence-electron chi connectivity index (χ1n) is 3.02. The van der Waals surface area contributed by atoms with Crippen molar-refractivity contribution in [3.63, 3.8) is 0 Å². The molecular formula is C6H6FNO3S. The van der Waals surface area contributed by atoms with Crippen LogP contribution < -0.4 is 4.57 Å². The summed E-state index contributed by atoms with van der Waals surface area (Å²) in [5.74, 6) is -0.771. The van der Waals surface area contributed by atoms with Gasteiger partial charge in [-0.25, -0.2) is 8.42 Å². The number of nitrogens with zero attached hydrogens (tertiary/aromatic N) is 1. The van der Waals surface area contributed by atoms with E-state index < -0.39 is 21.0 Å². The van der Waals surface area contributed by atoms with Crippen molar-refractivity contribution >= 4 is 10.1 Å². The van der Waals surface area contributed by atoms with Gasteiger partial charge in [-0.1, -0.05) is 0 Å². The smallest absolute Gasteiger partial charge is 0.360 e. The standard InChI is InChI=1S/C6H6FNO3S/c1-8-3-2-5(4-6(8)7)12(9,10)11/h2-4H,1H3. The Hall–Kier alpha value is -1.01. The largest absolute Gasteiger partial charge is 0.744 e. The average molecular weight is 191 g/mol. The van der Waals surface area contributed by atoms with Gasteiger partial charge in [0.1, 0.15) is 17.2 Å². The second-order valence-electron chi connectivity index (χ2n) is 2.25. The van der Waals surface area contributed by atoms with Crippen LogP contribution in [0.5, 0.6) is 0 Å². The molecule has 0 bridgehead atoms. The molecule has 66 valence electrons. The summed E-state index contributed by atoms with van der Waals surface area (Å²) in [6, 6.07) is 1.73. The van der Waals surface area contributed by atoms with Crippen LogP contribution in [0.15, 0.2) is 23.2 Å². The molecule has 0 radical (unpaired) electrons. The number of halogens is 1. The topological polar surface area (TPSA) is 61.1 Å². The minimum Gasteiger partial charge on any atom is -0.744 e. The molecule has 4 nitrogen and oxygen atoms in total. The van der Waals surface area contributed by atoms with Crippen LogP contribution in [0.3, 0.4) is 0 Å². The highest BCUT2D eigenvalue weighted by Crippen LogP contribution is 2.05. The van der Waals surface area contributed by atoms with Gasteiger partial charge in [0.25, 0.3) is 0 Å². The molecule has 1 aromatic heterocycles. The fourth-order valence-electron chi connectivity index (χ4n) is 0.679. The first-order chi connectivity index (χ1) is 5.41. The molecule has 0 atom stereocenters. The van der Waals surface area contributed by atoms with E-state index in [1.807, 2.05) is 0 Å². The van der Waals surface area contributed by atoms with Crippen molar-refractivity contribution in [1.82, 2.24) is 0 Å². The zero-order valence-corrected chi connectivity index (χ0v) is 7.01. The van der Waals surface area contributed by atoms with Gasteiger partial charge in [0.05, 0.1) is 11.0 Å². The maximum absolute atomic E-state index is 12.7. The predicted molar refractivity (Wildman–Crippen MR) is 35.5 cm³/mol. The fraction of sp³-hybridized carbons (Fsp3) is 0.167. The SMILES string of the molecule is C[n+]1ccc(S(=O)(=O)[O-])cc1F. The summed E-state index contributed by atoms with van der Waals surface area (Å²) in [7, 11) is -3.15. The number of aryl methyl sites for hydroxylation is 1. The molecule has 0 N–H and O–H groups in total. The Morgan fingerprint density at radius 2 is 2.17 bits per heavy atom. The monoisotopic (exact) mass is 191 g/mol. The molecule has 1 rings (SSSR count). The van der Waals surface area contributed by atoms with Crippen molar-refractivity contribution in [3.8, 4) is 0 Å². The van der Waals surface area contributed by atoms with E-state index in [0.29, 0.717) is 6.07 Å². The summed E-state index contributed by atoms with van der Waals surface area (Å²) in [6.07, 6.45) is 1.17. The fourth-order valence-corrected chi connectivity index (χ4v) is 1.15. The Labute approximate surface area is 69.0 Å². The normalized spacial score (nSPS) is 11.6. The molecule has 0 saturated carbocycles. The van der Waals surface area contributed by atoms with E-state index in [4.69, 9.17) is 0 Å². The Kier molecular flexibility index (Phi) is 2.12. The van der Waals surface area contributed by atoms with Gasteiger partial charge < -0.3 is 4.55 Å². The summed E-state index contributed by atoms with van der Waals surface area (Å²) in [4.78, 5) is -0.557. The van der Waals surface area contributed by atoms with E-state index in [9.17, 15) is 17.4 Å². The van der Waals surface area contributed by atoms with E-state index >= 15 is 0 Å². The van der Waals surface area contributed by atoms with E-state index in [1.165, 1.54) is 13.2 Å². The third-order valence-corrected chi connectivity index (χ3v) is 2.18. The van der Waals surface area contributed by atoms with Gasteiger partial charge in [0, 0.05) is 6.07 Å². The average Bonchev–Trinajstić information content (AvgIpc) is 1.92. The first-order valence-corrected chi connectivity index (χ1v) is 4.43. The van der Waals surface area contributed by atoms with Gasteiger partial charge >= 0.3 is 5.95 Å². The molecule has 0 aromatic carbocycles. The lowest BCUT2D eigenvalue weighted by Crippen LogP contribution is -2.32. The van der Waals surface area contributed by atoms with Crippen LogP contribution in [-0.2, 0) is 17.2 Å². The second kappa shape index (κ2) is 2.80. The molecule has 0 fully saturated rings. The Bertz CT molecular complexity index is 401. The molecule has 0 aliphatic rings. The highest BCUT2D eigenvalue weighted by molar-refractivity contribution is 7.85. The number of hydrogen-bond donors (Lipinski definition) is 0. The molecule has 0 aliphatic carbocycles. The van der Waals surface area contributed by atoms with Gasteiger partial charge in [0.2, 0.25) is 0 Å². The van der Waals surface area contributed by atoms with Crippen molar-refractivity contribution in [2.24, 2.45) is 7.05 Å². The van der Waals surface area contributed by atoms with Gasteiger partial charge in [-0.15, -0.1) is 4.39 Å². The number of rotatable bonds is 1. The van der Waals surface area contributed by atoms with Crippen molar-refractivity contribution in [2.45, 2.75) is 4.90 Å². The van der Waals surface area contributed by atoms with E-state index in [-0.39, 0.29) is 0 Å². The van der Waals surface area contributed by atoms with E-state index in [2.05, 4.69) is 0 Å². The van der Waals surface area contributed by atoms with E-state index in [0.717, 1.165) is 10.6 Å². The van der Waals surface area contributed by atoms with Crippen LogP contribution in [0.4, 0.5) is 4.39 Å². The number of hydrogen-bond acceptors (Lipinski definition) is 3. The summed E-state index contributed by atoms with van der Waals surface area (Å²) in [6.45, 7) is 0. The van der Waals surface area contributed by atoms with Crippen LogP contribution in [0.25, 0.3) is 0 Å². The van der Waals surface area contributed by atoms with Crippen molar-refractivity contribution in [2.75, 3.05) is 0 Å². The number of pyridine rings is 1. The minimum atomic E-state index is -4.55. The van der Waals surface area contributed by atoms with Crippen molar-refractivity contribution < 1.29 is 21.9 Å². The number of aromatic nitrogens is 1. The Morgan fingerprint density at radius 1 is 1.58 bits per heavy atom. The summed E-state index contributed by atoms with van der Waals surface area (Å²) in [5.41, 5.74) is 0. The lowest BCUT2D eigenvalue weighted by atomic mass is 10.5. The van der Waals surface area contributed by atoms with Gasteiger partial charge in [-0.3, -0.25) is 0 Å². The Balaban J connectivity index is 3.33. The first kappa shape index (κ1) is 9.08. The minimum absolute atomic E-state index is 0.557. The molecule has 6 heteroatoms. The van der Waals surface area contributed by atoms with Crippen LogP contribution in [0.1, 0.15) is 0 Å². The molecule has 0 spiro atoms. The summed E-state index contributed by atoms with van der Waals surface area (Å²) >= 11 is 0. The molecule has 0 amide bonds. The van der Waals surface area contributed by atoms with Gasteiger partial charge in [-0.05, 0) is 0 Å². The van der Waals surface area contributed by atoms with Crippen molar-refractivity contribution in [3.05, 3.63) is 24.3 Å². The predicted octanol–water partition coefficient (Wildman–Crippen LogP) is -0.446. The molecule has 0 aliphatic heterocycles. The third kappa shape index (κ3) is 1.77. The zero-order valence-electron chi connectivity index (χ0n) is 6.19. The highest BCUT2D eigenvalue weighted by atomic mass is 32.2. The molecule has 12 heavy (non-hydrogen) atoms. The maximum Gasteiger partial charge on any atom is 0.360 e. The van der Waals surface area contributed by atoms with Crippen LogP contribution in [0, 0.1) is 5.95 Å². The lowest BCUT2D eigenvalue weighted by Gasteiger charge is -2.04. The molecule has 1 heterocycles. The van der Waals surface area contributed by atoms with Gasteiger partial charge in [-0.2, -0.15) is 4.57 Å². The van der Waals surface area contributed by atoms with Gasteiger partial charge in [0.15, 0.2) is 6.20 Å². The molecule has 0 saturated heterocycles. The third-order valence-electron chi connectivity index (χ3n) is 1.35. The van der Waals surface area contributed by atoms with Crippen LogP contribution in [0.2, 0.25) is 0 Å². The summed E-state index contributed by atoms with van der Waals surface area (Å²) < 4.78 is 44.8. The van der Waals surface area contributed by atoms with Crippen molar-refractivity contribution in [1.29, 1.82) is 0 Å². The van der Waals surface area contributed by atoms with Crippen LogP contribution >= 0.6 is 0 Å². The maximum atomic E-state index is 12.7. The highest BCUT2D eigenvalue weighted by Gasteiger charge is 2.09. The van der Waals surface area contributed by atoms with Crippen LogP contribution in [-0.4, -0.2) is 13.0 Å². The lowest BCUT2D eigenvalue weighted by molar-refractivity contribution is -0.700. The zero-order chi connectivity index (χ0) is 9.35. The second-order valence-corrected chi connectivity index (χ2v) is 3.63. The molecular weight excluding hydrogens is 185 g/mol. The molecule has 1 aromatic rings. The quantitative estimate of drug-likeness (QED) is 0.343. The van der Waals surface area contributed by atoms with E-state index in [1.54, 1.807) is 0 Å². The molecule has 0 unspecified atom stereocenters.